The molecule has 8 nitrogen and oxygen atoms in total. The summed E-state index contributed by atoms with van der Waals surface area (Å²) >= 11 is 0. The number of hydrogen-bond donors (Lipinski definition) is 3. The van der Waals surface area contributed by atoms with Crippen LogP contribution in [0.3, 0.4) is 0 Å². The van der Waals surface area contributed by atoms with E-state index >= 15 is 0 Å². The van der Waals surface area contributed by atoms with Crippen molar-refractivity contribution in [3.05, 3.63) is 77.3 Å². The van der Waals surface area contributed by atoms with Crippen molar-refractivity contribution in [1.29, 1.82) is 0 Å². The van der Waals surface area contributed by atoms with E-state index < -0.39 is 23.1 Å². The van der Waals surface area contributed by atoms with Gasteiger partial charge in [0.2, 0.25) is 5.75 Å². The summed E-state index contributed by atoms with van der Waals surface area (Å²) in [7, 11) is 1.86. The lowest BCUT2D eigenvalue weighted by Crippen LogP contribution is -2.40. The van der Waals surface area contributed by atoms with E-state index in [9.17, 15) is 19.4 Å². The third-order valence-corrected chi connectivity index (χ3v) is 5.12. The van der Waals surface area contributed by atoms with Gasteiger partial charge in [-0.1, -0.05) is 12.1 Å². The number of nitrogens with one attached hydrogen (secondary N) is 1. The monoisotopic (exact) mass is 425 g/mol. The summed E-state index contributed by atoms with van der Waals surface area (Å²) in [6, 6.07) is 9.42. The number of aromatic hydroxyl groups is 2. The molecule has 3 aromatic rings. The Morgan fingerprint density at radius 1 is 1.06 bits per heavy atom. The van der Waals surface area contributed by atoms with Crippen molar-refractivity contribution < 1.29 is 19.4 Å². The Kier molecular flexibility index (Phi) is 6.45. The normalized spacial score (nSPS) is 11.5. The van der Waals surface area contributed by atoms with Crippen molar-refractivity contribution in [3.8, 4) is 11.6 Å². The Hall–Kier alpha value is -3.59. The first-order valence-corrected chi connectivity index (χ1v) is 9.61. The van der Waals surface area contributed by atoms with E-state index in [1.807, 2.05) is 37.9 Å². The SMILES string of the molecule is CN(Cc1ccncc1)C(C)(C)c1nc(O)c(O)c(C(=O)NCc2ccc(F)cc2)n1. The van der Waals surface area contributed by atoms with Gasteiger partial charge in [-0.05, 0) is 56.3 Å². The number of carbonyl (C=O) groups is 1. The summed E-state index contributed by atoms with van der Waals surface area (Å²) in [5.74, 6) is -2.27. The van der Waals surface area contributed by atoms with Crippen molar-refractivity contribution in [3.63, 3.8) is 0 Å². The fourth-order valence-electron chi connectivity index (χ4n) is 2.87. The van der Waals surface area contributed by atoms with Gasteiger partial charge in [-0.3, -0.25) is 14.7 Å². The molecule has 1 amide bonds. The van der Waals surface area contributed by atoms with Crippen molar-refractivity contribution in [1.82, 2.24) is 25.2 Å². The van der Waals surface area contributed by atoms with Gasteiger partial charge in [0, 0.05) is 25.5 Å². The van der Waals surface area contributed by atoms with Gasteiger partial charge in [0.05, 0.1) is 5.54 Å². The van der Waals surface area contributed by atoms with Crippen LogP contribution in [0.1, 0.15) is 41.3 Å². The second-order valence-corrected chi connectivity index (χ2v) is 7.65. The van der Waals surface area contributed by atoms with Crippen LogP contribution in [-0.4, -0.2) is 43.0 Å². The van der Waals surface area contributed by atoms with Gasteiger partial charge in [0.25, 0.3) is 11.8 Å². The molecule has 162 valence electrons. The first-order chi connectivity index (χ1) is 14.7. The summed E-state index contributed by atoms with van der Waals surface area (Å²) in [6.07, 6.45) is 3.39. The zero-order chi connectivity index (χ0) is 22.6. The van der Waals surface area contributed by atoms with Crippen LogP contribution in [0.5, 0.6) is 11.6 Å². The number of benzene rings is 1. The van der Waals surface area contributed by atoms with Crippen LogP contribution in [0.25, 0.3) is 0 Å². The van der Waals surface area contributed by atoms with E-state index in [4.69, 9.17) is 0 Å². The number of pyridine rings is 1. The van der Waals surface area contributed by atoms with Crippen molar-refractivity contribution in [2.75, 3.05) is 7.05 Å². The van der Waals surface area contributed by atoms with E-state index in [0.29, 0.717) is 12.1 Å². The third-order valence-electron chi connectivity index (χ3n) is 5.12. The molecule has 0 saturated carbocycles. The summed E-state index contributed by atoms with van der Waals surface area (Å²) in [4.78, 5) is 26.8. The lowest BCUT2D eigenvalue weighted by Gasteiger charge is -2.34. The molecular weight excluding hydrogens is 401 g/mol. The van der Waals surface area contributed by atoms with Crippen LogP contribution in [0.2, 0.25) is 0 Å². The van der Waals surface area contributed by atoms with Gasteiger partial charge in [-0.15, -0.1) is 0 Å². The van der Waals surface area contributed by atoms with E-state index in [1.54, 1.807) is 12.4 Å². The Labute approximate surface area is 179 Å². The summed E-state index contributed by atoms with van der Waals surface area (Å²) < 4.78 is 13.0. The molecule has 0 aliphatic heterocycles. The van der Waals surface area contributed by atoms with E-state index in [2.05, 4.69) is 20.3 Å². The number of carbonyl (C=O) groups excluding carboxylic acids is 1. The smallest absolute Gasteiger partial charge is 0.274 e. The molecule has 0 bridgehead atoms. The molecule has 3 N–H and O–H groups in total. The number of halogens is 1. The standard InChI is InChI=1S/C22H24FN5O3/c1-22(2,28(3)13-15-8-10-24-11-9-15)21-26-17(18(29)20(31)27-21)19(30)25-12-14-4-6-16(23)7-5-14/h4-11,29H,12-13H2,1-3H3,(H,25,30)(H,26,27,31). The zero-order valence-corrected chi connectivity index (χ0v) is 17.5. The van der Waals surface area contributed by atoms with Crippen molar-refractivity contribution in [2.24, 2.45) is 0 Å². The second-order valence-electron chi connectivity index (χ2n) is 7.65. The van der Waals surface area contributed by atoms with Crippen LogP contribution < -0.4 is 5.32 Å². The molecule has 1 aromatic carbocycles. The van der Waals surface area contributed by atoms with Crippen LogP contribution >= 0.6 is 0 Å². The zero-order valence-electron chi connectivity index (χ0n) is 17.5. The molecule has 0 spiro atoms. The van der Waals surface area contributed by atoms with Crippen molar-refractivity contribution >= 4 is 5.91 Å². The van der Waals surface area contributed by atoms with E-state index in [0.717, 1.165) is 5.56 Å². The lowest BCUT2D eigenvalue weighted by molar-refractivity contribution is 0.0937. The minimum absolute atomic E-state index is 0.101. The molecule has 0 atom stereocenters. The highest BCUT2D eigenvalue weighted by Crippen LogP contribution is 2.31. The maximum Gasteiger partial charge on any atom is 0.274 e. The first kappa shape index (κ1) is 22.1. The van der Waals surface area contributed by atoms with Crippen molar-refractivity contribution in [2.45, 2.75) is 32.5 Å². The Bertz CT molecular complexity index is 1060. The lowest BCUT2D eigenvalue weighted by atomic mass is 10.0. The largest absolute Gasteiger partial charge is 0.501 e. The maximum absolute atomic E-state index is 13.0. The predicted octanol–water partition coefficient (Wildman–Crippen LogP) is 2.72. The molecule has 31 heavy (non-hydrogen) atoms. The molecule has 0 aliphatic carbocycles. The Morgan fingerprint density at radius 2 is 1.71 bits per heavy atom. The number of nitrogens with zero attached hydrogens (tertiary/aromatic N) is 4. The molecule has 0 aliphatic rings. The number of hydrogen-bond acceptors (Lipinski definition) is 7. The highest BCUT2D eigenvalue weighted by Gasteiger charge is 2.32. The number of rotatable bonds is 7. The van der Waals surface area contributed by atoms with Crippen LogP contribution in [0.4, 0.5) is 4.39 Å². The molecule has 0 saturated heterocycles. The minimum atomic E-state index is -0.777. The molecule has 2 aromatic heterocycles. The van der Waals surface area contributed by atoms with Gasteiger partial charge in [-0.2, -0.15) is 4.98 Å². The molecule has 2 heterocycles. The van der Waals surface area contributed by atoms with Gasteiger partial charge < -0.3 is 15.5 Å². The molecule has 0 radical (unpaired) electrons. The van der Waals surface area contributed by atoms with Crippen LogP contribution in [0.15, 0.2) is 48.8 Å². The molecule has 3 rings (SSSR count). The minimum Gasteiger partial charge on any atom is -0.501 e. The predicted molar refractivity (Wildman–Crippen MR) is 112 cm³/mol. The van der Waals surface area contributed by atoms with Gasteiger partial charge in [-0.25, -0.2) is 9.37 Å². The van der Waals surface area contributed by atoms with Gasteiger partial charge >= 0.3 is 0 Å². The van der Waals surface area contributed by atoms with Gasteiger partial charge in [0.1, 0.15) is 5.82 Å². The van der Waals surface area contributed by atoms with Gasteiger partial charge in [0.15, 0.2) is 11.5 Å². The third kappa shape index (κ3) is 5.13. The quantitative estimate of drug-likeness (QED) is 0.534. The molecule has 9 heteroatoms. The highest BCUT2D eigenvalue weighted by molar-refractivity contribution is 5.95. The molecule has 0 unspecified atom stereocenters. The summed E-state index contributed by atoms with van der Waals surface area (Å²) in [6.45, 7) is 4.34. The average Bonchev–Trinajstić information content (AvgIpc) is 2.75. The summed E-state index contributed by atoms with van der Waals surface area (Å²) in [5, 5.41) is 22.9. The van der Waals surface area contributed by atoms with Crippen LogP contribution in [-0.2, 0) is 18.6 Å². The first-order valence-electron chi connectivity index (χ1n) is 9.61. The molecule has 0 fully saturated rings. The summed E-state index contributed by atoms with van der Waals surface area (Å²) in [5.41, 5.74) is 0.575. The van der Waals surface area contributed by atoms with E-state index in [1.165, 1.54) is 24.3 Å². The Morgan fingerprint density at radius 3 is 2.35 bits per heavy atom. The topological polar surface area (TPSA) is 111 Å². The average molecular weight is 425 g/mol. The fraction of sp³-hybridized carbons (Fsp3) is 0.273. The highest BCUT2D eigenvalue weighted by atomic mass is 19.1. The second kappa shape index (κ2) is 9.05. The molecular formula is C22H24FN5O3. The maximum atomic E-state index is 13.0. The van der Waals surface area contributed by atoms with E-state index in [-0.39, 0.29) is 23.9 Å². The fourth-order valence-corrected chi connectivity index (χ4v) is 2.87. The Balaban J connectivity index is 1.81. The van der Waals surface area contributed by atoms with Crippen LogP contribution in [0, 0.1) is 5.82 Å². The number of aromatic nitrogens is 3. The number of amides is 1.